The van der Waals surface area contributed by atoms with Gasteiger partial charge in [0.15, 0.2) is 0 Å². The molecule has 1 unspecified atom stereocenters. The molecule has 0 saturated heterocycles. The molecule has 0 amide bonds. The van der Waals surface area contributed by atoms with Crippen molar-refractivity contribution in [3.05, 3.63) is 89.1 Å². The van der Waals surface area contributed by atoms with Gasteiger partial charge in [-0.2, -0.15) is 4.68 Å². The second-order valence-corrected chi connectivity index (χ2v) is 7.21. The fourth-order valence-corrected chi connectivity index (χ4v) is 3.46. The SMILES string of the molecule is C=CCOC(=O)C1=C(C)Nc2nnnn2C1c1ccccc1OCc1ccc(C)cc1. The van der Waals surface area contributed by atoms with Gasteiger partial charge >= 0.3 is 5.97 Å². The van der Waals surface area contributed by atoms with E-state index in [4.69, 9.17) is 9.47 Å². The summed E-state index contributed by atoms with van der Waals surface area (Å²) in [5.74, 6) is 0.610. The Morgan fingerprint density at radius 1 is 1.19 bits per heavy atom. The van der Waals surface area contributed by atoms with Crippen LogP contribution in [0.3, 0.4) is 0 Å². The molecule has 3 aromatic rings. The van der Waals surface area contributed by atoms with Gasteiger partial charge in [-0.3, -0.25) is 0 Å². The standard InChI is InChI=1S/C23H23N5O3/c1-4-13-30-22(29)20-16(3)24-23-25-26-27-28(23)21(20)18-7-5-6-8-19(18)31-14-17-11-9-15(2)10-12-17/h4-12,21H,1,13-14H2,2-3H3,(H,24,25,27). The first kappa shape index (κ1) is 20.3. The summed E-state index contributed by atoms with van der Waals surface area (Å²) in [5.41, 5.74) is 4.02. The zero-order valence-corrected chi connectivity index (χ0v) is 17.4. The number of nitrogens with one attached hydrogen (secondary N) is 1. The number of esters is 1. The smallest absolute Gasteiger partial charge is 0.338 e. The number of fused-ring (bicyclic) bond motifs is 1. The Kier molecular flexibility index (Phi) is 5.79. The van der Waals surface area contributed by atoms with Gasteiger partial charge in [0.1, 0.15) is 25.0 Å². The van der Waals surface area contributed by atoms with Crippen molar-refractivity contribution in [3.63, 3.8) is 0 Å². The van der Waals surface area contributed by atoms with Gasteiger partial charge in [0, 0.05) is 11.3 Å². The molecule has 0 bridgehead atoms. The minimum atomic E-state index is -0.599. The van der Waals surface area contributed by atoms with Crippen molar-refractivity contribution in [1.29, 1.82) is 0 Å². The van der Waals surface area contributed by atoms with E-state index >= 15 is 0 Å². The van der Waals surface area contributed by atoms with Crippen LogP contribution in [0.15, 0.2) is 72.5 Å². The van der Waals surface area contributed by atoms with E-state index in [9.17, 15) is 4.79 Å². The van der Waals surface area contributed by atoms with Gasteiger partial charge in [0.2, 0.25) is 5.95 Å². The summed E-state index contributed by atoms with van der Waals surface area (Å²) in [6.07, 6.45) is 1.53. The van der Waals surface area contributed by atoms with E-state index in [1.807, 2.05) is 55.5 Å². The van der Waals surface area contributed by atoms with E-state index in [-0.39, 0.29) is 6.61 Å². The molecule has 0 aliphatic carbocycles. The molecule has 0 saturated carbocycles. The number of nitrogens with zero attached hydrogens (tertiary/aromatic N) is 4. The van der Waals surface area contributed by atoms with Crippen molar-refractivity contribution in [3.8, 4) is 5.75 Å². The molecule has 158 valence electrons. The third-order valence-corrected chi connectivity index (χ3v) is 4.99. The second kappa shape index (κ2) is 8.83. The summed E-state index contributed by atoms with van der Waals surface area (Å²) in [5, 5.41) is 15.0. The Hall–Kier alpha value is -3.94. The number of tetrazole rings is 1. The number of para-hydroxylation sites is 1. The van der Waals surface area contributed by atoms with Crippen LogP contribution in [0.25, 0.3) is 0 Å². The molecule has 2 heterocycles. The minimum Gasteiger partial charge on any atom is -0.489 e. The summed E-state index contributed by atoms with van der Waals surface area (Å²) in [6, 6.07) is 15.1. The third kappa shape index (κ3) is 4.18. The molecule has 1 aromatic heterocycles. The van der Waals surface area contributed by atoms with Crippen molar-refractivity contribution in [2.24, 2.45) is 0 Å². The fraction of sp³-hybridized carbons (Fsp3) is 0.217. The number of carbonyl (C=O) groups is 1. The van der Waals surface area contributed by atoms with Crippen LogP contribution in [0.1, 0.15) is 29.7 Å². The Morgan fingerprint density at radius 3 is 2.74 bits per heavy atom. The number of benzene rings is 2. The maximum atomic E-state index is 12.9. The molecule has 8 nitrogen and oxygen atoms in total. The van der Waals surface area contributed by atoms with E-state index in [0.29, 0.717) is 29.6 Å². The van der Waals surface area contributed by atoms with E-state index in [0.717, 1.165) is 11.1 Å². The molecule has 0 fully saturated rings. The van der Waals surface area contributed by atoms with Crippen molar-refractivity contribution in [2.45, 2.75) is 26.5 Å². The zero-order chi connectivity index (χ0) is 21.8. The molecule has 1 aliphatic rings. The molecule has 4 rings (SSSR count). The molecular formula is C23H23N5O3. The van der Waals surface area contributed by atoms with Crippen LogP contribution in [-0.2, 0) is 16.1 Å². The van der Waals surface area contributed by atoms with Crippen LogP contribution in [0.2, 0.25) is 0 Å². The lowest BCUT2D eigenvalue weighted by molar-refractivity contribution is -0.138. The van der Waals surface area contributed by atoms with Crippen molar-refractivity contribution in [1.82, 2.24) is 20.2 Å². The molecule has 2 aromatic carbocycles. The lowest BCUT2D eigenvalue weighted by Gasteiger charge is -2.28. The van der Waals surface area contributed by atoms with Crippen molar-refractivity contribution >= 4 is 11.9 Å². The van der Waals surface area contributed by atoms with Gasteiger partial charge in [-0.15, -0.1) is 0 Å². The predicted octanol–water partition coefficient (Wildman–Crippen LogP) is 3.58. The van der Waals surface area contributed by atoms with Crippen LogP contribution < -0.4 is 10.1 Å². The molecule has 0 spiro atoms. The average molecular weight is 417 g/mol. The average Bonchev–Trinajstić information content (AvgIpc) is 3.24. The second-order valence-electron chi connectivity index (χ2n) is 7.21. The Labute approximate surface area is 180 Å². The van der Waals surface area contributed by atoms with Crippen LogP contribution in [0, 0.1) is 6.92 Å². The van der Waals surface area contributed by atoms with Gasteiger partial charge in [-0.25, -0.2) is 4.79 Å². The zero-order valence-electron chi connectivity index (χ0n) is 17.4. The number of anilines is 1. The summed E-state index contributed by atoms with van der Waals surface area (Å²) in [7, 11) is 0. The summed E-state index contributed by atoms with van der Waals surface area (Å²) in [4.78, 5) is 12.9. The van der Waals surface area contributed by atoms with Crippen molar-refractivity contribution < 1.29 is 14.3 Å². The van der Waals surface area contributed by atoms with Crippen molar-refractivity contribution in [2.75, 3.05) is 11.9 Å². The van der Waals surface area contributed by atoms with Gasteiger partial charge in [0.05, 0.1) is 5.57 Å². The molecule has 1 aliphatic heterocycles. The van der Waals surface area contributed by atoms with Crippen LogP contribution in [0.4, 0.5) is 5.95 Å². The Morgan fingerprint density at radius 2 is 1.97 bits per heavy atom. The monoisotopic (exact) mass is 417 g/mol. The van der Waals surface area contributed by atoms with Gasteiger partial charge in [-0.1, -0.05) is 65.8 Å². The normalized spacial score (nSPS) is 15.1. The Balaban J connectivity index is 1.71. The first-order valence-electron chi connectivity index (χ1n) is 9.89. The maximum Gasteiger partial charge on any atom is 0.338 e. The summed E-state index contributed by atoms with van der Waals surface area (Å²) in [6.45, 7) is 7.95. The predicted molar refractivity (Wildman–Crippen MR) is 115 cm³/mol. The number of hydrogen-bond donors (Lipinski definition) is 1. The molecule has 1 atom stereocenters. The molecule has 8 heteroatoms. The van der Waals surface area contributed by atoms with Crippen LogP contribution >= 0.6 is 0 Å². The van der Waals surface area contributed by atoms with Gasteiger partial charge < -0.3 is 14.8 Å². The lowest BCUT2D eigenvalue weighted by atomic mass is 9.95. The number of rotatable bonds is 7. The summed E-state index contributed by atoms with van der Waals surface area (Å²) >= 11 is 0. The Bertz CT molecular complexity index is 1130. The highest BCUT2D eigenvalue weighted by Gasteiger charge is 2.36. The lowest BCUT2D eigenvalue weighted by Crippen LogP contribution is -2.30. The van der Waals surface area contributed by atoms with E-state index in [1.165, 1.54) is 11.6 Å². The molecule has 0 radical (unpaired) electrons. The molecule has 31 heavy (non-hydrogen) atoms. The third-order valence-electron chi connectivity index (χ3n) is 4.99. The number of aryl methyl sites for hydroxylation is 1. The van der Waals surface area contributed by atoms with Crippen LogP contribution in [-0.4, -0.2) is 32.8 Å². The number of carbonyl (C=O) groups excluding carboxylic acids is 1. The number of hydrogen-bond acceptors (Lipinski definition) is 7. The number of aromatic nitrogens is 4. The number of ether oxygens (including phenoxy) is 2. The number of allylic oxidation sites excluding steroid dienone is 1. The topological polar surface area (TPSA) is 91.2 Å². The van der Waals surface area contributed by atoms with E-state index in [1.54, 1.807) is 11.6 Å². The highest BCUT2D eigenvalue weighted by molar-refractivity contribution is 5.92. The fourth-order valence-electron chi connectivity index (χ4n) is 3.46. The highest BCUT2D eigenvalue weighted by atomic mass is 16.5. The largest absolute Gasteiger partial charge is 0.489 e. The first-order chi connectivity index (χ1) is 15.1. The molecule has 1 N–H and O–H groups in total. The first-order valence-corrected chi connectivity index (χ1v) is 9.89. The van der Waals surface area contributed by atoms with Gasteiger partial charge in [-0.05, 0) is 35.9 Å². The minimum absolute atomic E-state index is 0.108. The van der Waals surface area contributed by atoms with Crippen LogP contribution in [0.5, 0.6) is 5.75 Å². The quantitative estimate of drug-likeness (QED) is 0.464. The molecular weight excluding hydrogens is 394 g/mol. The van der Waals surface area contributed by atoms with E-state index in [2.05, 4.69) is 27.4 Å². The maximum absolute atomic E-state index is 12.9. The van der Waals surface area contributed by atoms with Gasteiger partial charge in [0.25, 0.3) is 0 Å². The van der Waals surface area contributed by atoms with E-state index < -0.39 is 12.0 Å². The highest BCUT2D eigenvalue weighted by Crippen LogP contribution is 2.39. The summed E-state index contributed by atoms with van der Waals surface area (Å²) < 4.78 is 13.1.